The van der Waals surface area contributed by atoms with E-state index < -0.39 is 11.0 Å². The van der Waals surface area contributed by atoms with Crippen LogP contribution in [0.25, 0.3) is 0 Å². The van der Waals surface area contributed by atoms with Crippen molar-refractivity contribution in [2.45, 2.75) is 84.3 Å². The molecule has 4 aliphatic carbocycles. The van der Waals surface area contributed by atoms with Crippen LogP contribution >= 0.6 is 0 Å². The Morgan fingerprint density at radius 1 is 1.14 bits per heavy atom. The van der Waals surface area contributed by atoms with Gasteiger partial charge < -0.3 is 9.84 Å². The van der Waals surface area contributed by atoms with Gasteiger partial charge in [-0.25, -0.2) is 0 Å². The molecule has 0 saturated heterocycles. The highest BCUT2D eigenvalue weighted by atomic mass is 16.5. The van der Waals surface area contributed by atoms with Crippen molar-refractivity contribution in [3.63, 3.8) is 0 Å². The molecule has 4 heteroatoms. The van der Waals surface area contributed by atoms with Crippen LogP contribution in [-0.4, -0.2) is 28.6 Å². The van der Waals surface area contributed by atoms with E-state index in [4.69, 9.17) is 4.74 Å². The van der Waals surface area contributed by atoms with E-state index in [-0.39, 0.29) is 23.3 Å². The first-order valence-corrected chi connectivity index (χ1v) is 10.8. The molecule has 7 atom stereocenters. The Bertz CT molecular complexity index is 767. The van der Waals surface area contributed by atoms with Crippen LogP contribution in [0, 0.1) is 28.6 Å². The number of ketones is 1. The summed E-state index contributed by atoms with van der Waals surface area (Å²) in [5.74, 6) is 0.993. The Kier molecular flexibility index (Phi) is 4.46. The number of hydrogen-bond donors (Lipinski definition) is 1. The van der Waals surface area contributed by atoms with Gasteiger partial charge in [0.1, 0.15) is 11.7 Å². The molecule has 0 aromatic rings. The number of Topliss-reactive ketones (excluding diaryl/α,β-unsaturated/α-hetero) is 1. The van der Waals surface area contributed by atoms with Gasteiger partial charge in [-0.05, 0) is 74.2 Å². The fraction of sp³-hybridized carbons (Fsp3) is 0.750. The summed E-state index contributed by atoms with van der Waals surface area (Å²) in [6, 6.07) is 0. The van der Waals surface area contributed by atoms with Gasteiger partial charge in [0, 0.05) is 18.8 Å². The standard InChI is InChI=1S/C24H34O4/c1-14-12-21-19-7-6-17-13-18(28-16(3)26)8-10-22(17,4)20(19)9-11-23(21,5)24(14,27)15(2)25/h6,18-21,27H,1,7-13H2,2-5H3/t18-,19+,20+,21+,22-,23-,24-/m0/s1. The molecule has 0 heterocycles. The summed E-state index contributed by atoms with van der Waals surface area (Å²) in [6.45, 7) is 11.7. The van der Waals surface area contributed by atoms with E-state index in [2.05, 4.69) is 26.5 Å². The topological polar surface area (TPSA) is 63.6 Å². The molecule has 3 saturated carbocycles. The van der Waals surface area contributed by atoms with Crippen LogP contribution in [0.5, 0.6) is 0 Å². The van der Waals surface area contributed by atoms with Crippen molar-refractivity contribution in [2.24, 2.45) is 28.6 Å². The number of hydrogen-bond acceptors (Lipinski definition) is 4. The summed E-state index contributed by atoms with van der Waals surface area (Å²) >= 11 is 0. The average Bonchev–Trinajstić information content (AvgIpc) is 2.83. The molecule has 4 aliphatic rings. The van der Waals surface area contributed by atoms with Crippen molar-refractivity contribution in [3.8, 4) is 0 Å². The molecule has 0 aromatic heterocycles. The minimum Gasteiger partial charge on any atom is -0.462 e. The van der Waals surface area contributed by atoms with Crippen molar-refractivity contribution < 1.29 is 19.4 Å². The van der Waals surface area contributed by atoms with Gasteiger partial charge in [0.05, 0.1) is 0 Å². The van der Waals surface area contributed by atoms with Crippen molar-refractivity contribution >= 4 is 11.8 Å². The van der Waals surface area contributed by atoms with E-state index in [1.54, 1.807) is 0 Å². The van der Waals surface area contributed by atoms with Gasteiger partial charge in [-0.1, -0.05) is 32.1 Å². The number of aliphatic hydroxyl groups is 1. The normalized spacial score (nSPS) is 47.5. The predicted octanol–water partition coefficient (Wildman–Crippen LogP) is 4.37. The molecule has 154 valence electrons. The average molecular weight is 387 g/mol. The first-order chi connectivity index (χ1) is 13.0. The second kappa shape index (κ2) is 6.29. The monoisotopic (exact) mass is 386 g/mol. The Balaban J connectivity index is 1.65. The van der Waals surface area contributed by atoms with Crippen molar-refractivity contribution in [3.05, 3.63) is 23.8 Å². The first-order valence-electron chi connectivity index (χ1n) is 10.8. The minimum atomic E-state index is -1.37. The summed E-state index contributed by atoms with van der Waals surface area (Å²) in [4.78, 5) is 23.8. The molecule has 3 fully saturated rings. The molecule has 0 aliphatic heterocycles. The van der Waals surface area contributed by atoms with Crippen LogP contribution in [0.1, 0.15) is 72.6 Å². The molecule has 0 unspecified atom stereocenters. The maximum Gasteiger partial charge on any atom is 0.302 e. The maximum atomic E-state index is 12.4. The van der Waals surface area contributed by atoms with Crippen LogP contribution < -0.4 is 0 Å². The zero-order valence-electron chi connectivity index (χ0n) is 17.7. The van der Waals surface area contributed by atoms with Crippen molar-refractivity contribution in [1.82, 2.24) is 0 Å². The molecule has 4 rings (SSSR count). The van der Waals surface area contributed by atoms with E-state index in [9.17, 15) is 14.7 Å². The molecule has 0 aromatic carbocycles. The molecule has 0 amide bonds. The molecular weight excluding hydrogens is 352 g/mol. The van der Waals surface area contributed by atoms with Gasteiger partial charge in [0.25, 0.3) is 0 Å². The smallest absolute Gasteiger partial charge is 0.302 e. The first kappa shape index (κ1) is 19.9. The largest absolute Gasteiger partial charge is 0.462 e. The van der Waals surface area contributed by atoms with Gasteiger partial charge in [-0.15, -0.1) is 0 Å². The Morgan fingerprint density at radius 2 is 1.86 bits per heavy atom. The van der Waals surface area contributed by atoms with Crippen molar-refractivity contribution in [1.29, 1.82) is 0 Å². The number of ether oxygens (including phenoxy) is 1. The summed E-state index contributed by atoms with van der Waals surface area (Å²) in [7, 11) is 0. The third-order valence-electron chi connectivity index (χ3n) is 9.09. The Labute approximate surface area is 168 Å². The van der Waals surface area contributed by atoms with Crippen LogP contribution in [-0.2, 0) is 14.3 Å². The summed E-state index contributed by atoms with van der Waals surface area (Å²) in [5, 5.41) is 11.4. The minimum absolute atomic E-state index is 0.0105. The number of carbonyl (C=O) groups excluding carboxylic acids is 2. The van der Waals surface area contributed by atoms with Gasteiger partial charge in [0.15, 0.2) is 5.78 Å². The summed E-state index contributed by atoms with van der Waals surface area (Å²) in [5.41, 5.74) is 0.521. The molecule has 4 nitrogen and oxygen atoms in total. The molecule has 0 bridgehead atoms. The fourth-order valence-electron chi connectivity index (χ4n) is 7.58. The predicted molar refractivity (Wildman–Crippen MR) is 107 cm³/mol. The number of carbonyl (C=O) groups is 2. The summed E-state index contributed by atoms with van der Waals surface area (Å²) in [6.07, 6.45) is 8.85. The van der Waals surface area contributed by atoms with E-state index >= 15 is 0 Å². The lowest BCUT2D eigenvalue weighted by atomic mass is 9.46. The Morgan fingerprint density at radius 3 is 2.50 bits per heavy atom. The fourth-order valence-corrected chi connectivity index (χ4v) is 7.58. The van der Waals surface area contributed by atoms with Crippen molar-refractivity contribution in [2.75, 3.05) is 0 Å². The zero-order chi connectivity index (χ0) is 20.5. The van der Waals surface area contributed by atoms with Crippen LogP contribution in [0.3, 0.4) is 0 Å². The van der Waals surface area contributed by atoms with Gasteiger partial charge in [0.2, 0.25) is 0 Å². The third kappa shape index (κ3) is 2.46. The van der Waals surface area contributed by atoms with E-state index in [0.29, 0.717) is 23.3 Å². The SMILES string of the molecule is C=C1C[C@@H]2[C@@H]3CC=C4C[C@@H](OC(C)=O)CC[C@]4(C)[C@@H]3CC[C@]2(C)[C@@]1(O)C(C)=O. The van der Waals surface area contributed by atoms with Gasteiger partial charge in [-0.3, -0.25) is 9.59 Å². The number of fused-ring (bicyclic) bond motifs is 5. The van der Waals surface area contributed by atoms with E-state index in [0.717, 1.165) is 44.9 Å². The lowest BCUT2D eigenvalue weighted by Crippen LogP contribution is -2.57. The highest BCUT2D eigenvalue weighted by Crippen LogP contribution is 2.68. The maximum absolute atomic E-state index is 12.4. The quantitative estimate of drug-likeness (QED) is 0.565. The number of rotatable bonds is 2. The van der Waals surface area contributed by atoms with Crippen LogP contribution in [0.2, 0.25) is 0 Å². The zero-order valence-corrected chi connectivity index (χ0v) is 17.7. The van der Waals surface area contributed by atoms with E-state index in [1.165, 1.54) is 19.4 Å². The second-order valence-electron chi connectivity index (χ2n) is 10.3. The molecule has 1 N–H and O–H groups in total. The number of allylic oxidation sites excluding steroid dienone is 1. The Hall–Kier alpha value is -1.42. The second-order valence-corrected chi connectivity index (χ2v) is 10.3. The molecule has 0 spiro atoms. The molecular formula is C24H34O4. The van der Waals surface area contributed by atoms with E-state index in [1.807, 2.05) is 0 Å². The van der Waals surface area contributed by atoms with Gasteiger partial charge in [-0.2, -0.15) is 0 Å². The lowest BCUT2D eigenvalue weighted by Gasteiger charge is -2.58. The number of esters is 1. The van der Waals surface area contributed by atoms with Crippen LogP contribution in [0.4, 0.5) is 0 Å². The van der Waals surface area contributed by atoms with Gasteiger partial charge >= 0.3 is 5.97 Å². The molecule has 0 radical (unpaired) electrons. The lowest BCUT2D eigenvalue weighted by molar-refractivity contribution is -0.155. The van der Waals surface area contributed by atoms with Crippen LogP contribution in [0.15, 0.2) is 23.8 Å². The highest BCUT2D eigenvalue weighted by molar-refractivity contribution is 5.90. The summed E-state index contributed by atoms with van der Waals surface area (Å²) < 4.78 is 5.51. The molecule has 28 heavy (non-hydrogen) atoms. The highest BCUT2D eigenvalue weighted by Gasteiger charge is 2.66. The third-order valence-corrected chi connectivity index (χ3v) is 9.09.